The Balaban J connectivity index is 1.93. The maximum Gasteiger partial charge on any atom is 0.319 e. The molecule has 6 nitrogen and oxygen atoms in total. The van der Waals surface area contributed by atoms with E-state index in [1.54, 1.807) is 24.3 Å². The molecule has 0 saturated carbocycles. The molecule has 0 radical (unpaired) electrons. The molecule has 1 aromatic rings. The lowest BCUT2D eigenvalue weighted by molar-refractivity contribution is 0.0657. The van der Waals surface area contributed by atoms with Gasteiger partial charge in [-0.3, -0.25) is 9.69 Å². The minimum absolute atomic E-state index is 0.0521. The van der Waals surface area contributed by atoms with Crippen LogP contribution in [0.5, 0.6) is 0 Å². The summed E-state index contributed by atoms with van der Waals surface area (Å²) in [6.07, 6.45) is 2.49. The second-order valence-electron chi connectivity index (χ2n) is 8.52. The standard InChI is InChI=1S/C21H34N4O2/c1-15(2)23-20(27)24-18-10-6-9-17(12-18)19(26)22-14-21(4,5)25-11-7-8-16(3)13-25/h6,9-10,12,15-16H,7-8,11,13-14H2,1-5H3,(H,22,26)(H2,23,24,27). The zero-order valence-electron chi connectivity index (χ0n) is 17.3. The van der Waals surface area contributed by atoms with Crippen molar-refractivity contribution in [1.82, 2.24) is 15.5 Å². The van der Waals surface area contributed by atoms with Gasteiger partial charge in [-0.25, -0.2) is 4.79 Å². The Hall–Kier alpha value is -2.08. The topological polar surface area (TPSA) is 73.5 Å². The predicted octanol–water partition coefficient (Wildman–Crippen LogP) is 3.46. The molecular formula is C21H34N4O2. The van der Waals surface area contributed by atoms with Gasteiger partial charge < -0.3 is 16.0 Å². The van der Waals surface area contributed by atoms with Crippen LogP contribution >= 0.6 is 0 Å². The van der Waals surface area contributed by atoms with E-state index in [2.05, 4.69) is 41.6 Å². The molecule has 1 aromatic carbocycles. The molecule has 1 aliphatic rings. The summed E-state index contributed by atoms with van der Waals surface area (Å²) in [4.78, 5) is 26.9. The van der Waals surface area contributed by atoms with Crippen molar-refractivity contribution in [2.24, 2.45) is 5.92 Å². The Kier molecular flexibility index (Phi) is 7.25. The van der Waals surface area contributed by atoms with Crippen LogP contribution in [0.25, 0.3) is 0 Å². The smallest absolute Gasteiger partial charge is 0.319 e. The summed E-state index contributed by atoms with van der Waals surface area (Å²) in [5, 5.41) is 8.58. The molecule has 1 aliphatic heterocycles. The Morgan fingerprint density at radius 3 is 2.70 bits per heavy atom. The summed E-state index contributed by atoms with van der Waals surface area (Å²) in [6.45, 7) is 13.2. The lowest BCUT2D eigenvalue weighted by atomic mass is 9.93. The van der Waals surface area contributed by atoms with Crippen LogP contribution in [0.1, 0.15) is 57.8 Å². The second kappa shape index (κ2) is 9.22. The highest BCUT2D eigenvalue weighted by Crippen LogP contribution is 2.23. The summed E-state index contributed by atoms with van der Waals surface area (Å²) >= 11 is 0. The number of benzene rings is 1. The largest absolute Gasteiger partial charge is 0.350 e. The van der Waals surface area contributed by atoms with E-state index < -0.39 is 0 Å². The van der Waals surface area contributed by atoms with E-state index in [-0.39, 0.29) is 23.5 Å². The number of urea groups is 1. The van der Waals surface area contributed by atoms with E-state index in [4.69, 9.17) is 0 Å². The zero-order chi connectivity index (χ0) is 20.0. The number of hydrogen-bond donors (Lipinski definition) is 3. The van der Waals surface area contributed by atoms with Crippen molar-refractivity contribution in [2.75, 3.05) is 25.0 Å². The minimum atomic E-state index is -0.275. The van der Waals surface area contributed by atoms with Gasteiger partial charge in [-0.1, -0.05) is 13.0 Å². The van der Waals surface area contributed by atoms with Crippen molar-refractivity contribution in [2.45, 2.75) is 59.0 Å². The molecule has 0 aromatic heterocycles. The summed E-state index contributed by atoms with van der Waals surface area (Å²) in [5.41, 5.74) is 1.06. The van der Waals surface area contributed by atoms with Gasteiger partial charge in [-0.05, 0) is 71.2 Å². The molecule has 1 fully saturated rings. The van der Waals surface area contributed by atoms with Gasteiger partial charge in [0, 0.05) is 35.9 Å². The summed E-state index contributed by atoms with van der Waals surface area (Å²) in [6, 6.07) is 6.79. The predicted molar refractivity (Wildman–Crippen MR) is 110 cm³/mol. The third kappa shape index (κ3) is 6.54. The quantitative estimate of drug-likeness (QED) is 0.714. The zero-order valence-corrected chi connectivity index (χ0v) is 17.3. The third-order valence-corrected chi connectivity index (χ3v) is 5.00. The highest BCUT2D eigenvalue weighted by Gasteiger charge is 2.30. The number of rotatable bonds is 6. The van der Waals surface area contributed by atoms with Crippen molar-refractivity contribution in [3.8, 4) is 0 Å². The minimum Gasteiger partial charge on any atom is -0.350 e. The molecular weight excluding hydrogens is 340 g/mol. The van der Waals surface area contributed by atoms with Gasteiger partial charge in [0.15, 0.2) is 0 Å². The first kappa shape index (κ1) is 21.2. The monoisotopic (exact) mass is 374 g/mol. The number of anilines is 1. The van der Waals surface area contributed by atoms with Crippen LogP contribution in [0.4, 0.5) is 10.5 Å². The summed E-state index contributed by atoms with van der Waals surface area (Å²) < 4.78 is 0. The van der Waals surface area contributed by atoms with Crippen molar-refractivity contribution in [1.29, 1.82) is 0 Å². The van der Waals surface area contributed by atoms with Gasteiger partial charge in [-0.2, -0.15) is 0 Å². The fourth-order valence-electron chi connectivity index (χ4n) is 3.42. The molecule has 150 valence electrons. The molecule has 6 heteroatoms. The van der Waals surface area contributed by atoms with E-state index in [9.17, 15) is 9.59 Å². The molecule has 27 heavy (non-hydrogen) atoms. The number of carbonyl (C=O) groups excluding carboxylic acids is 2. The molecule has 3 amide bonds. The molecule has 0 aliphatic carbocycles. The van der Waals surface area contributed by atoms with Gasteiger partial charge in [0.1, 0.15) is 0 Å². The molecule has 0 spiro atoms. The molecule has 1 saturated heterocycles. The van der Waals surface area contributed by atoms with Crippen LogP contribution in [-0.2, 0) is 0 Å². The third-order valence-electron chi connectivity index (χ3n) is 5.00. The lowest BCUT2D eigenvalue weighted by Crippen LogP contribution is -2.54. The number of likely N-dealkylation sites (tertiary alicyclic amines) is 1. The Morgan fingerprint density at radius 1 is 1.30 bits per heavy atom. The van der Waals surface area contributed by atoms with Crippen LogP contribution in [0.2, 0.25) is 0 Å². The lowest BCUT2D eigenvalue weighted by Gasteiger charge is -2.43. The Bertz CT molecular complexity index is 657. The summed E-state index contributed by atoms with van der Waals surface area (Å²) in [7, 11) is 0. The molecule has 1 unspecified atom stereocenters. The average molecular weight is 375 g/mol. The van der Waals surface area contributed by atoms with E-state index in [0.29, 0.717) is 23.7 Å². The normalized spacial score (nSPS) is 18.2. The number of hydrogen-bond acceptors (Lipinski definition) is 3. The van der Waals surface area contributed by atoms with Gasteiger partial charge in [0.05, 0.1) is 0 Å². The van der Waals surface area contributed by atoms with Gasteiger partial charge in [0.2, 0.25) is 0 Å². The first-order valence-corrected chi connectivity index (χ1v) is 9.88. The highest BCUT2D eigenvalue weighted by atomic mass is 16.2. The Morgan fingerprint density at radius 2 is 2.04 bits per heavy atom. The first-order valence-electron chi connectivity index (χ1n) is 9.88. The van der Waals surface area contributed by atoms with Crippen molar-refractivity contribution in [3.63, 3.8) is 0 Å². The number of nitrogens with zero attached hydrogens (tertiary/aromatic N) is 1. The van der Waals surface area contributed by atoms with Crippen LogP contribution in [0, 0.1) is 5.92 Å². The Labute approximate surface area is 163 Å². The molecule has 1 heterocycles. The van der Waals surface area contributed by atoms with Crippen LogP contribution in [0.15, 0.2) is 24.3 Å². The van der Waals surface area contributed by atoms with E-state index in [0.717, 1.165) is 13.1 Å². The fraction of sp³-hybridized carbons (Fsp3) is 0.619. The highest BCUT2D eigenvalue weighted by molar-refractivity contribution is 5.96. The molecule has 0 bridgehead atoms. The molecule has 1 atom stereocenters. The average Bonchev–Trinajstić information content (AvgIpc) is 2.59. The van der Waals surface area contributed by atoms with Crippen LogP contribution in [0.3, 0.4) is 0 Å². The number of nitrogens with one attached hydrogen (secondary N) is 3. The van der Waals surface area contributed by atoms with Gasteiger partial charge >= 0.3 is 6.03 Å². The van der Waals surface area contributed by atoms with E-state index >= 15 is 0 Å². The van der Waals surface area contributed by atoms with Crippen molar-refractivity contribution < 1.29 is 9.59 Å². The SMILES string of the molecule is CC1CCCN(C(C)(C)CNC(=O)c2cccc(NC(=O)NC(C)C)c2)C1. The molecule has 2 rings (SSSR count). The van der Waals surface area contributed by atoms with Gasteiger partial charge in [-0.15, -0.1) is 0 Å². The van der Waals surface area contributed by atoms with Crippen molar-refractivity contribution in [3.05, 3.63) is 29.8 Å². The fourth-order valence-corrected chi connectivity index (χ4v) is 3.42. The van der Waals surface area contributed by atoms with E-state index in [1.807, 2.05) is 13.8 Å². The second-order valence-corrected chi connectivity index (χ2v) is 8.52. The van der Waals surface area contributed by atoms with Crippen LogP contribution < -0.4 is 16.0 Å². The number of piperidine rings is 1. The van der Waals surface area contributed by atoms with Crippen LogP contribution in [-0.4, -0.2) is 48.1 Å². The number of carbonyl (C=O) groups is 2. The maximum absolute atomic E-state index is 12.6. The summed E-state index contributed by atoms with van der Waals surface area (Å²) in [5.74, 6) is 0.578. The van der Waals surface area contributed by atoms with E-state index in [1.165, 1.54) is 12.8 Å². The van der Waals surface area contributed by atoms with Gasteiger partial charge in [0.25, 0.3) is 5.91 Å². The number of amides is 3. The van der Waals surface area contributed by atoms with Crippen molar-refractivity contribution >= 4 is 17.6 Å². The first-order chi connectivity index (χ1) is 12.7. The maximum atomic E-state index is 12.6. The molecule has 3 N–H and O–H groups in total.